The number of anilines is 1. The van der Waals surface area contributed by atoms with E-state index >= 15 is 0 Å². The number of nitrogens with two attached hydrogens (primary N) is 1. The van der Waals surface area contributed by atoms with Gasteiger partial charge >= 0.3 is 0 Å². The maximum atomic E-state index is 6.20. The lowest BCUT2D eigenvalue weighted by atomic mass is 9.77. The minimum atomic E-state index is 0.670. The van der Waals surface area contributed by atoms with Gasteiger partial charge in [-0.25, -0.2) is 0 Å². The summed E-state index contributed by atoms with van der Waals surface area (Å²) >= 11 is 6.20. The molecule has 0 atom stereocenters. The smallest absolute Gasteiger partial charge is 0.0426 e. The first-order valence-electron chi connectivity index (χ1n) is 7.96. The molecule has 110 valence electrons. The second-order valence-electron chi connectivity index (χ2n) is 6.51. The average molecular weight is 293 g/mol. The van der Waals surface area contributed by atoms with E-state index < -0.39 is 0 Å². The number of rotatable bonds is 3. The van der Waals surface area contributed by atoms with Gasteiger partial charge in [-0.15, -0.1) is 0 Å². The molecule has 2 fully saturated rings. The maximum absolute atomic E-state index is 6.20. The van der Waals surface area contributed by atoms with E-state index in [2.05, 4.69) is 17.0 Å². The molecule has 1 aromatic carbocycles. The fraction of sp³-hybridized carbons (Fsp3) is 0.647. The quantitative estimate of drug-likeness (QED) is 0.912. The zero-order chi connectivity index (χ0) is 14.0. The predicted molar refractivity (Wildman–Crippen MR) is 86.6 cm³/mol. The van der Waals surface area contributed by atoms with Gasteiger partial charge in [0, 0.05) is 23.8 Å². The summed E-state index contributed by atoms with van der Waals surface area (Å²) in [6.45, 7) is 3.06. The van der Waals surface area contributed by atoms with Gasteiger partial charge in [-0.1, -0.05) is 30.5 Å². The Labute approximate surface area is 127 Å². The molecule has 20 heavy (non-hydrogen) atoms. The molecule has 1 aliphatic carbocycles. The second kappa shape index (κ2) is 5.95. The van der Waals surface area contributed by atoms with Crippen molar-refractivity contribution in [3.63, 3.8) is 0 Å². The summed E-state index contributed by atoms with van der Waals surface area (Å²) in [6.07, 6.45) is 9.42. The molecule has 3 heteroatoms. The third kappa shape index (κ3) is 2.82. The first-order chi connectivity index (χ1) is 9.72. The van der Waals surface area contributed by atoms with Gasteiger partial charge in [-0.05, 0) is 61.8 Å². The molecule has 2 N–H and O–H groups in total. The maximum Gasteiger partial charge on any atom is 0.0426 e. The van der Waals surface area contributed by atoms with Crippen molar-refractivity contribution in [1.82, 2.24) is 0 Å². The molecule has 1 saturated heterocycles. The lowest BCUT2D eigenvalue weighted by Gasteiger charge is -2.41. The number of hydrogen-bond acceptors (Lipinski definition) is 2. The van der Waals surface area contributed by atoms with Crippen molar-refractivity contribution < 1.29 is 0 Å². The van der Waals surface area contributed by atoms with Crippen LogP contribution in [0.25, 0.3) is 0 Å². The van der Waals surface area contributed by atoms with Crippen molar-refractivity contribution >= 4 is 17.3 Å². The van der Waals surface area contributed by atoms with Gasteiger partial charge in [0.1, 0.15) is 0 Å². The van der Waals surface area contributed by atoms with Crippen LogP contribution in [0.3, 0.4) is 0 Å². The van der Waals surface area contributed by atoms with Crippen LogP contribution < -0.4 is 10.6 Å². The third-order valence-electron chi connectivity index (χ3n) is 5.29. The second-order valence-corrected chi connectivity index (χ2v) is 6.94. The normalized spacial score (nSPS) is 21.6. The van der Waals surface area contributed by atoms with Gasteiger partial charge in [-0.3, -0.25) is 0 Å². The summed E-state index contributed by atoms with van der Waals surface area (Å²) in [4.78, 5) is 2.53. The predicted octanol–water partition coefficient (Wildman–Crippen LogP) is 4.00. The van der Waals surface area contributed by atoms with Crippen LogP contribution in [0.15, 0.2) is 18.2 Å². The van der Waals surface area contributed by atoms with Crippen LogP contribution in [0.4, 0.5) is 5.69 Å². The van der Waals surface area contributed by atoms with Crippen molar-refractivity contribution in [2.75, 3.05) is 24.5 Å². The summed E-state index contributed by atoms with van der Waals surface area (Å²) in [6, 6.07) is 6.25. The Morgan fingerprint density at radius 1 is 1.10 bits per heavy atom. The molecule has 1 heterocycles. The number of benzene rings is 1. The summed E-state index contributed by atoms with van der Waals surface area (Å²) in [5, 5.41) is 0.835. The highest BCUT2D eigenvalue weighted by molar-refractivity contribution is 6.30. The Morgan fingerprint density at radius 3 is 2.45 bits per heavy atom. The van der Waals surface area contributed by atoms with Crippen LogP contribution in [0, 0.1) is 5.41 Å². The fourth-order valence-electron chi connectivity index (χ4n) is 4.05. The lowest BCUT2D eigenvalue weighted by Crippen LogP contribution is -2.39. The van der Waals surface area contributed by atoms with E-state index in [9.17, 15) is 0 Å². The van der Waals surface area contributed by atoms with E-state index in [0.29, 0.717) is 12.0 Å². The molecule has 2 aliphatic rings. The molecule has 0 aromatic heterocycles. The minimum absolute atomic E-state index is 0.670. The summed E-state index contributed by atoms with van der Waals surface area (Å²) < 4.78 is 0. The van der Waals surface area contributed by atoms with E-state index in [4.69, 9.17) is 17.3 Å². The molecule has 0 bridgehead atoms. The molecule has 1 aliphatic heterocycles. The standard InChI is InChI=1S/C17H25ClN2/c18-15-4-3-14(5-10-19)16(13-15)20-11-8-17(9-12-20)6-1-2-7-17/h3-4,13H,1-2,5-12,19H2. The van der Waals surface area contributed by atoms with Crippen LogP contribution in [0.2, 0.25) is 5.02 Å². The molecular weight excluding hydrogens is 268 g/mol. The summed E-state index contributed by atoms with van der Waals surface area (Å²) in [5.41, 5.74) is 9.07. The molecule has 3 rings (SSSR count). The van der Waals surface area contributed by atoms with Crippen molar-refractivity contribution in [1.29, 1.82) is 0 Å². The average Bonchev–Trinajstić information content (AvgIpc) is 2.90. The zero-order valence-electron chi connectivity index (χ0n) is 12.2. The molecule has 1 saturated carbocycles. The molecule has 0 radical (unpaired) electrons. The largest absolute Gasteiger partial charge is 0.371 e. The topological polar surface area (TPSA) is 29.3 Å². The van der Waals surface area contributed by atoms with Gasteiger partial charge in [0.15, 0.2) is 0 Å². The number of nitrogens with zero attached hydrogens (tertiary/aromatic N) is 1. The van der Waals surface area contributed by atoms with Crippen LogP contribution in [-0.2, 0) is 6.42 Å². The van der Waals surface area contributed by atoms with Crippen molar-refractivity contribution in [2.24, 2.45) is 11.1 Å². The Bertz CT molecular complexity index is 456. The Morgan fingerprint density at radius 2 is 1.80 bits per heavy atom. The molecule has 0 unspecified atom stereocenters. The van der Waals surface area contributed by atoms with Gasteiger partial charge in [0.2, 0.25) is 0 Å². The number of halogens is 1. The van der Waals surface area contributed by atoms with Gasteiger partial charge in [0.25, 0.3) is 0 Å². The van der Waals surface area contributed by atoms with E-state index in [1.807, 2.05) is 6.07 Å². The molecular formula is C17H25ClN2. The number of piperidine rings is 1. The monoisotopic (exact) mass is 292 g/mol. The fourth-order valence-corrected chi connectivity index (χ4v) is 4.21. The van der Waals surface area contributed by atoms with Crippen LogP contribution in [-0.4, -0.2) is 19.6 Å². The molecule has 0 amide bonds. The zero-order valence-corrected chi connectivity index (χ0v) is 13.0. The summed E-state index contributed by atoms with van der Waals surface area (Å²) in [7, 11) is 0. The van der Waals surface area contributed by atoms with Gasteiger partial charge < -0.3 is 10.6 Å². The summed E-state index contributed by atoms with van der Waals surface area (Å²) in [5.74, 6) is 0. The van der Waals surface area contributed by atoms with Gasteiger partial charge in [-0.2, -0.15) is 0 Å². The third-order valence-corrected chi connectivity index (χ3v) is 5.53. The van der Waals surface area contributed by atoms with E-state index in [1.165, 1.54) is 62.9 Å². The SMILES string of the molecule is NCCc1ccc(Cl)cc1N1CCC2(CCCC2)CC1. The highest BCUT2D eigenvalue weighted by atomic mass is 35.5. The molecule has 1 spiro atoms. The highest BCUT2D eigenvalue weighted by Crippen LogP contribution is 2.47. The Hall–Kier alpha value is -0.730. The van der Waals surface area contributed by atoms with Gasteiger partial charge in [0.05, 0.1) is 0 Å². The lowest BCUT2D eigenvalue weighted by molar-refractivity contribution is 0.226. The first-order valence-corrected chi connectivity index (χ1v) is 8.34. The van der Waals surface area contributed by atoms with Crippen molar-refractivity contribution in [2.45, 2.75) is 44.9 Å². The molecule has 1 aromatic rings. The van der Waals surface area contributed by atoms with Crippen LogP contribution in [0.5, 0.6) is 0 Å². The minimum Gasteiger partial charge on any atom is -0.371 e. The Balaban J connectivity index is 1.75. The van der Waals surface area contributed by atoms with E-state index in [1.54, 1.807) is 0 Å². The van der Waals surface area contributed by atoms with Crippen LogP contribution in [0.1, 0.15) is 44.1 Å². The Kier molecular flexibility index (Phi) is 4.23. The van der Waals surface area contributed by atoms with E-state index in [0.717, 1.165) is 11.4 Å². The van der Waals surface area contributed by atoms with E-state index in [-0.39, 0.29) is 0 Å². The first kappa shape index (κ1) is 14.2. The van der Waals surface area contributed by atoms with Crippen LogP contribution >= 0.6 is 11.6 Å². The number of hydrogen-bond donors (Lipinski definition) is 1. The highest BCUT2D eigenvalue weighted by Gasteiger charge is 2.37. The van der Waals surface area contributed by atoms with Crippen molar-refractivity contribution in [3.8, 4) is 0 Å². The van der Waals surface area contributed by atoms with Crippen molar-refractivity contribution in [3.05, 3.63) is 28.8 Å². The molecule has 2 nitrogen and oxygen atoms in total.